The lowest BCUT2D eigenvalue weighted by Gasteiger charge is -2.20. The largest absolute Gasteiger partial charge is 0.386 e. The first-order valence-electron chi connectivity index (χ1n) is 7.27. The lowest BCUT2D eigenvalue weighted by Crippen LogP contribution is -2.38. The van der Waals surface area contributed by atoms with Gasteiger partial charge in [0, 0.05) is 11.9 Å². The van der Waals surface area contributed by atoms with Gasteiger partial charge in [-0.3, -0.25) is 9.78 Å². The molecule has 0 bridgehead atoms. The normalized spacial score (nSPS) is 13.3. The number of aliphatic hydroxyl groups excluding tert-OH is 1. The number of hydrogen-bond donors (Lipinski definition) is 2. The summed E-state index contributed by atoms with van der Waals surface area (Å²) in [5.41, 5.74) is 1.49. The number of pyridine rings is 1. The van der Waals surface area contributed by atoms with Crippen LogP contribution in [0, 0.1) is 5.82 Å². The molecule has 1 aromatic heterocycles. The van der Waals surface area contributed by atoms with Crippen LogP contribution in [0.2, 0.25) is 0 Å². The molecule has 0 radical (unpaired) electrons. The van der Waals surface area contributed by atoms with Gasteiger partial charge in [-0.15, -0.1) is 11.8 Å². The molecule has 1 heterocycles. The van der Waals surface area contributed by atoms with E-state index in [0.29, 0.717) is 11.3 Å². The average Bonchev–Trinajstić information content (AvgIpc) is 2.56. The molecule has 122 valence electrons. The zero-order valence-electron chi connectivity index (χ0n) is 12.8. The molecule has 0 spiro atoms. The van der Waals surface area contributed by atoms with Crippen LogP contribution in [-0.4, -0.2) is 27.8 Å². The number of halogens is 1. The van der Waals surface area contributed by atoms with E-state index in [0.717, 1.165) is 5.69 Å². The third-order valence-corrected chi connectivity index (χ3v) is 4.25. The Balaban J connectivity index is 1.76. The molecule has 0 saturated carbocycles. The summed E-state index contributed by atoms with van der Waals surface area (Å²) in [6.45, 7) is 1.72. The van der Waals surface area contributed by atoms with Gasteiger partial charge in [0.1, 0.15) is 5.82 Å². The van der Waals surface area contributed by atoms with Crippen molar-refractivity contribution in [2.45, 2.75) is 24.8 Å². The monoisotopic (exact) mass is 334 g/mol. The van der Waals surface area contributed by atoms with E-state index in [1.54, 1.807) is 13.1 Å². The highest BCUT2D eigenvalue weighted by Crippen LogP contribution is 2.17. The molecular formula is C17H19FN2O2S. The highest BCUT2D eigenvalue weighted by atomic mass is 32.2. The molecule has 2 atom stereocenters. The van der Waals surface area contributed by atoms with Crippen LogP contribution in [0.1, 0.15) is 24.3 Å². The first-order valence-corrected chi connectivity index (χ1v) is 8.42. The molecule has 1 amide bonds. The molecule has 6 heteroatoms. The number of hydrogen-bond acceptors (Lipinski definition) is 4. The molecule has 0 aliphatic carbocycles. The quantitative estimate of drug-likeness (QED) is 0.817. The van der Waals surface area contributed by atoms with Gasteiger partial charge < -0.3 is 10.4 Å². The van der Waals surface area contributed by atoms with Crippen LogP contribution < -0.4 is 5.32 Å². The van der Waals surface area contributed by atoms with Crippen LogP contribution >= 0.6 is 11.8 Å². The number of carbonyl (C=O) groups excluding carboxylic acids is 1. The maximum atomic E-state index is 12.9. The number of aliphatic hydroxyl groups is 1. The lowest BCUT2D eigenvalue weighted by atomic mass is 10.0. The van der Waals surface area contributed by atoms with Crippen LogP contribution in [0.5, 0.6) is 0 Å². The van der Waals surface area contributed by atoms with Crippen molar-refractivity contribution in [1.82, 2.24) is 10.3 Å². The summed E-state index contributed by atoms with van der Waals surface area (Å²) in [6, 6.07) is 10.8. The number of amides is 1. The van der Waals surface area contributed by atoms with Gasteiger partial charge in [-0.1, -0.05) is 18.2 Å². The minimum atomic E-state index is -0.875. The number of nitrogens with zero attached hydrogens (tertiary/aromatic N) is 1. The van der Waals surface area contributed by atoms with Crippen LogP contribution in [0.3, 0.4) is 0 Å². The highest BCUT2D eigenvalue weighted by molar-refractivity contribution is 7.99. The van der Waals surface area contributed by atoms with Gasteiger partial charge in [-0.2, -0.15) is 0 Å². The summed E-state index contributed by atoms with van der Waals surface area (Å²) in [7, 11) is 0. The fourth-order valence-electron chi connectivity index (χ4n) is 2.05. The average molecular weight is 334 g/mol. The number of rotatable bonds is 7. The molecule has 0 saturated heterocycles. The number of aromatic nitrogens is 1. The van der Waals surface area contributed by atoms with Crippen molar-refractivity contribution in [2.75, 3.05) is 5.75 Å². The highest BCUT2D eigenvalue weighted by Gasteiger charge is 2.18. The molecular weight excluding hydrogens is 315 g/mol. The Morgan fingerprint density at radius 3 is 2.70 bits per heavy atom. The van der Waals surface area contributed by atoms with Gasteiger partial charge in [0.2, 0.25) is 5.91 Å². The Morgan fingerprint density at radius 2 is 2.04 bits per heavy atom. The molecule has 0 aliphatic heterocycles. The number of thioether (sulfide) groups is 1. The van der Waals surface area contributed by atoms with Crippen LogP contribution in [0.4, 0.5) is 4.39 Å². The summed E-state index contributed by atoms with van der Waals surface area (Å²) >= 11 is 1.46. The fraction of sp³-hybridized carbons (Fsp3) is 0.294. The standard InChI is InChI=1S/C17H19FN2O2S/c1-12(17(22)13-5-7-14(18)8-6-13)20-16(21)11-23-10-15-4-2-3-9-19-15/h2-9,12,17,22H,10-11H2,1H3,(H,20,21). The maximum Gasteiger partial charge on any atom is 0.230 e. The van der Waals surface area contributed by atoms with E-state index in [1.165, 1.54) is 36.0 Å². The first kappa shape index (κ1) is 17.4. The van der Waals surface area contributed by atoms with Crippen molar-refractivity contribution in [1.29, 1.82) is 0 Å². The van der Waals surface area contributed by atoms with Crippen molar-refractivity contribution in [2.24, 2.45) is 0 Å². The summed E-state index contributed by atoms with van der Waals surface area (Å²) in [6.07, 6.45) is 0.845. The minimum absolute atomic E-state index is 0.153. The lowest BCUT2D eigenvalue weighted by molar-refractivity contribution is -0.119. The third-order valence-electron chi connectivity index (χ3n) is 3.28. The molecule has 0 fully saturated rings. The Kier molecular flexibility index (Phi) is 6.55. The number of benzene rings is 1. The Hall–Kier alpha value is -1.92. The molecule has 23 heavy (non-hydrogen) atoms. The van der Waals surface area contributed by atoms with E-state index in [-0.39, 0.29) is 17.5 Å². The van der Waals surface area contributed by atoms with Crippen LogP contribution in [0.25, 0.3) is 0 Å². The number of carbonyl (C=O) groups is 1. The van der Waals surface area contributed by atoms with Crippen molar-refractivity contribution in [3.05, 3.63) is 65.7 Å². The van der Waals surface area contributed by atoms with Crippen molar-refractivity contribution >= 4 is 17.7 Å². The molecule has 4 nitrogen and oxygen atoms in total. The second-order valence-electron chi connectivity index (χ2n) is 5.17. The first-order chi connectivity index (χ1) is 11.1. The summed E-state index contributed by atoms with van der Waals surface area (Å²) < 4.78 is 12.9. The molecule has 2 aromatic rings. The second-order valence-corrected chi connectivity index (χ2v) is 6.15. The Morgan fingerprint density at radius 1 is 1.30 bits per heavy atom. The fourth-order valence-corrected chi connectivity index (χ4v) is 2.81. The van der Waals surface area contributed by atoms with Gasteiger partial charge in [-0.25, -0.2) is 4.39 Å². The zero-order valence-corrected chi connectivity index (χ0v) is 13.6. The predicted octanol–water partition coefficient (Wildman–Crippen LogP) is 2.69. The Labute approximate surface area is 139 Å². The zero-order chi connectivity index (χ0) is 16.7. The van der Waals surface area contributed by atoms with E-state index in [1.807, 2.05) is 18.2 Å². The third kappa shape index (κ3) is 5.65. The predicted molar refractivity (Wildman–Crippen MR) is 89.4 cm³/mol. The second kappa shape index (κ2) is 8.64. The van der Waals surface area contributed by atoms with Crippen LogP contribution in [-0.2, 0) is 10.5 Å². The van der Waals surface area contributed by atoms with E-state index >= 15 is 0 Å². The van der Waals surface area contributed by atoms with Crippen molar-refractivity contribution in [3.8, 4) is 0 Å². The van der Waals surface area contributed by atoms with Crippen molar-refractivity contribution < 1.29 is 14.3 Å². The molecule has 2 N–H and O–H groups in total. The summed E-state index contributed by atoms with van der Waals surface area (Å²) in [5, 5.41) is 12.9. The molecule has 0 aliphatic rings. The molecule has 2 unspecified atom stereocenters. The molecule has 1 aromatic carbocycles. The van der Waals surface area contributed by atoms with Gasteiger partial charge in [-0.05, 0) is 36.8 Å². The molecule has 2 rings (SSSR count). The smallest absolute Gasteiger partial charge is 0.230 e. The summed E-state index contributed by atoms with van der Waals surface area (Å²) in [4.78, 5) is 16.1. The van der Waals surface area contributed by atoms with E-state index < -0.39 is 12.1 Å². The van der Waals surface area contributed by atoms with Gasteiger partial charge in [0.05, 0.1) is 23.6 Å². The maximum absolute atomic E-state index is 12.9. The van der Waals surface area contributed by atoms with Gasteiger partial charge >= 0.3 is 0 Å². The van der Waals surface area contributed by atoms with Gasteiger partial charge in [0.25, 0.3) is 0 Å². The van der Waals surface area contributed by atoms with E-state index in [4.69, 9.17) is 0 Å². The SMILES string of the molecule is CC(NC(=O)CSCc1ccccn1)C(O)c1ccc(F)cc1. The minimum Gasteiger partial charge on any atom is -0.386 e. The van der Waals surface area contributed by atoms with Gasteiger partial charge in [0.15, 0.2) is 0 Å². The van der Waals surface area contributed by atoms with Crippen LogP contribution in [0.15, 0.2) is 48.7 Å². The topological polar surface area (TPSA) is 62.2 Å². The summed E-state index contributed by atoms with van der Waals surface area (Å²) in [5.74, 6) is 0.434. The van der Waals surface area contributed by atoms with Crippen molar-refractivity contribution in [3.63, 3.8) is 0 Å². The van der Waals surface area contributed by atoms with E-state index in [9.17, 15) is 14.3 Å². The Bertz CT molecular complexity index is 622. The van der Waals surface area contributed by atoms with E-state index in [2.05, 4.69) is 10.3 Å². The number of nitrogens with one attached hydrogen (secondary N) is 1.